The molecule has 0 radical (unpaired) electrons. The molecule has 3 N–H and O–H groups in total. The molecule has 0 amide bonds. The highest BCUT2D eigenvalue weighted by atomic mass is 31.2. The first-order valence-electron chi connectivity index (χ1n) is 7.94. The lowest BCUT2D eigenvalue weighted by atomic mass is 10.2. The molecule has 1 unspecified atom stereocenters. The van der Waals surface area contributed by atoms with Crippen LogP contribution in [0.15, 0.2) is 4.76 Å². The molecule has 7 nitrogen and oxygen atoms in total. The third kappa shape index (κ3) is 7.09. The van der Waals surface area contributed by atoms with Crippen molar-refractivity contribution in [1.82, 2.24) is 9.80 Å². The molecule has 8 heteroatoms. The molecular formula is C14H31N4O3P. The summed E-state index contributed by atoms with van der Waals surface area (Å²) in [4.78, 5) is 13.9. The van der Waals surface area contributed by atoms with Gasteiger partial charge in [-0.15, -0.1) is 4.76 Å². The van der Waals surface area contributed by atoms with Gasteiger partial charge in [0, 0.05) is 26.7 Å². The lowest BCUT2D eigenvalue weighted by Crippen LogP contribution is -2.32. The second-order valence-electron chi connectivity index (χ2n) is 6.71. The van der Waals surface area contributed by atoms with E-state index in [1.165, 1.54) is 0 Å². The largest absolute Gasteiger partial charge is 0.454 e. The topological polar surface area (TPSA) is 91.4 Å². The molecule has 1 saturated heterocycles. The van der Waals surface area contributed by atoms with Gasteiger partial charge in [0.05, 0.1) is 5.60 Å². The first-order chi connectivity index (χ1) is 10.1. The first kappa shape index (κ1) is 19.4. The molecule has 0 aliphatic carbocycles. The summed E-state index contributed by atoms with van der Waals surface area (Å²) >= 11 is 0. The van der Waals surface area contributed by atoms with E-state index in [9.17, 15) is 9.46 Å². The quantitative estimate of drug-likeness (QED) is 0.521. The number of hydrogen-bond acceptors (Lipinski definition) is 3. The Bertz CT molecular complexity index is 423. The van der Waals surface area contributed by atoms with Crippen molar-refractivity contribution in [3.05, 3.63) is 0 Å². The lowest BCUT2D eigenvalue weighted by molar-refractivity contribution is 0.111. The summed E-state index contributed by atoms with van der Waals surface area (Å²) in [5, 5.41) is 0. The molecule has 0 aromatic carbocycles. The fourth-order valence-electron chi connectivity index (χ4n) is 2.35. The maximum absolute atomic E-state index is 12.2. The maximum atomic E-state index is 12.2. The SMILES string of the molecule is CN1CCN(CCCCCCN)C1=NP(=O)(O)OC(C)(C)C. The fraction of sp³-hybridized carbons (Fsp3) is 0.929. The van der Waals surface area contributed by atoms with E-state index >= 15 is 0 Å². The van der Waals surface area contributed by atoms with Gasteiger partial charge in [-0.2, -0.15) is 0 Å². The monoisotopic (exact) mass is 334 g/mol. The van der Waals surface area contributed by atoms with E-state index in [1.54, 1.807) is 20.8 Å². The van der Waals surface area contributed by atoms with Gasteiger partial charge in [-0.25, -0.2) is 4.57 Å². The summed E-state index contributed by atoms with van der Waals surface area (Å²) in [5.41, 5.74) is 4.77. The molecule has 1 heterocycles. The van der Waals surface area contributed by atoms with Gasteiger partial charge in [0.1, 0.15) is 0 Å². The molecule has 0 aromatic rings. The van der Waals surface area contributed by atoms with Crippen LogP contribution in [0, 0.1) is 0 Å². The van der Waals surface area contributed by atoms with Gasteiger partial charge >= 0.3 is 7.75 Å². The summed E-state index contributed by atoms with van der Waals surface area (Å²) in [6.07, 6.45) is 4.31. The van der Waals surface area contributed by atoms with E-state index < -0.39 is 13.3 Å². The van der Waals surface area contributed by atoms with E-state index in [0.29, 0.717) is 5.96 Å². The molecule has 130 valence electrons. The second-order valence-corrected chi connectivity index (χ2v) is 8.07. The number of unbranched alkanes of at least 4 members (excludes halogenated alkanes) is 3. The Morgan fingerprint density at radius 1 is 1.27 bits per heavy atom. The van der Waals surface area contributed by atoms with Gasteiger partial charge in [0.15, 0.2) is 0 Å². The zero-order chi connectivity index (χ0) is 16.8. The van der Waals surface area contributed by atoms with Crippen LogP contribution >= 0.6 is 7.75 Å². The van der Waals surface area contributed by atoms with Gasteiger partial charge in [-0.3, -0.25) is 4.52 Å². The predicted molar refractivity (Wildman–Crippen MR) is 89.8 cm³/mol. The van der Waals surface area contributed by atoms with Crippen molar-refractivity contribution >= 4 is 13.7 Å². The Morgan fingerprint density at radius 2 is 1.91 bits per heavy atom. The average molecular weight is 334 g/mol. The molecule has 0 aromatic heterocycles. The molecule has 1 aliphatic heterocycles. The smallest absolute Gasteiger partial charge is 0.344 e. The van der Waals surface area contributed by atoms with Crippen LogP contribution in [-0.2, 0) is 9.09 Å². The summed E-state index contributed by atoms with van der Waals surface area (Å²) in [5.74, 6) is 0.550. The number of hydrogen-bond donors (Lipinski definition) is 2. The van der Waals surface area contributed by atoms with Gasteiger partial charge in [0.2, 0.25) is 5.96 Å². The van der Waals surface area contributed by atoms with Crippen LogP contribution in [0.5, 0.6) is 0 Å². The van der Waals surface area contributed by atoms with Crippen molar-refractivity contribution in [3.63, 3.8) is 0 Å². The first-order valence-corrected chi connectivity index (χ1v) is 9.47. The van der Waals surface area contributed by atoms with Gasteiger partial charge in [-0.1, -0.05) is 12.8 Å². The highest BCUT2D eigenvalue weighted by Crippen LogP contribution is 2.48. The van der Waals surface area contributed by atoms with E-state index in [2.05, 4.69) is 9.66 Å². The van der Waals surface area contributed by atoms with E-state index in [-0.39, 0.29) is 0 Å². The summed E-state index contributed by atoms with van der Waals surface area (Å²) in [6, 6.07) is 0. The van der Waals surface area contributed by atoms with Crippen LogP contribution in [0.2, 0.25) is 0 Å². The van der Waals surface area contributed by atoms with Crippen LogP contribution in [0.3, 0.4) is 0 Å². The summed E-state index contributed by atoms with van der Waals surface area (Å²) < 4.78 is 21.4. The standard InChI is InChI=1S/C14H31N4O3P/c1-14(2,3)21-22(19,20)16-13-17(4)11-12-18(13)10-8-6-5-7-9-15/h5-12,15H2,1-4H3,(H,19,20). The molecule has 0 bridgehead atoms. The average Bonchev–Trinajstić information content (AvgIpc) is 2.67. The van der Waals surface area contributed by atoms with Crippen molar-refractivity contribution in [2.24, 2.45) is 10.5 Å². The van der Waals surface area contributed by atoms with Crippen molar-refractivity contribution in [1.29, 1.82) is 0 Å². The number of likely N-dealkylation sites (N-methyl/N-ethyl adjacent to an activating group) is 1. The Labute approximate surface area is 134 Å². The van der Waals surface area contributed by atoms with Crippen LogP contribution in [0.4, 0.5) is 0 Å². The molecule has 1 rings (SSSR count). The lowest BCUT2D eigenvalue weighted by Gasteiger charge is -2.24. The van der Waals surface area contributed by atoms with E-state index in [0.717, 1.165) is 51.9 Å². The summed E-state index contributed by atoms with van der Waals surface area (Å²) in [6.45, 7) is 8.41. The highest BCUT2D eigenvalue weighted by molar-refractivity contribution is 7.51. The minimum atomic E-state index is -4.00. The third-order valence-electron chi connectivity index (χ3n) is 3.32. The molecule has 22 heavy (non-hydrogen) atoms. The van der Waals surface area contributed by atoms with Gasteiger partial charge < -0.3 is 20.4 Å². The number of nitrogens with two attached hydrogens (primary N) is 1. The van der Waals surface area contributed by atoms with Crippen molar-refractivity contribution in [3.8, 4) is 0 Å². The Balaban J connectivity index is 2.64. The third-order valence-corrected chi connectivity index (χ3v) is 4.54. The minimum absolute atomic E-state index is 0.550. The minimum Gasteiger partial charge on any atom is -0.344 e. The van der Waals surface area contributed by atoms with E-state index in [1.807, 2.05) is 11.9 Å². The Kier molecular flexibility index (Phi) is 7.32. The number of guanidine groups is 1. The van der Waals surface area contributed by atoms with Crippen LogP contribution in [-0.4, -0.2) is 59.5 Å². The number of nitrogens with zero attached hydrogens (tertiary/aromatic N) is 3. The van der Waals surface area contributed by atoms with Crippen molar-refractivity contribution in [2.75, 3.05) is 33.2 Å². The highest BCUT2D eigenvalue weighted by Gasteiger charge is 2.31. The summed E-state index contributed by atoms with van der Waals surface area (Å²) in [7, 11) is -2.12. The van der Waals surface area contributed by atoms with Gasteiger partial charge in [0.25, 0.3) is 0 Å². The molecular weight excluding hydrogens is 303 g/mol. The molecule has 0 saturated carbocycles. The van der Waals surface area contributed by atoms with E-state index in [4.69, 9.17) is 10.3 Å². The fourth-order valence-corrected chi connectivity index (χ4v) is 3.61. The predicted octanol–water partition coefficient (Wildman–Crippen LogP) is 2.02. The maximum Gasteiger partial charge on any atom is 0.454 e. The molecule has 1 atom stereocenters. The normalized spacial score (nSPS) is 20.7. The van der Waals surface area contributed by atoms with Crippen molar-refractivity contribution < 1.29 is 14.0 Å². The molecule has 1 aliphatic rings. The zero-order valence-corrected chi connectivity index (χ0v) is 15.2. The Hall–Kier alpha value is -0.620. The van der Waals surface area contributed by atoms with Crippen LogP contribution < -0.4 is 5.73 Å². The second kappa shape index (κ2) is 8.29. The molecule has 1 fully saturated rings. The van der Waals surface area contributed by atoms with Crippen molar-refractivity contribution in [2.45, 2.75) is 52.1 Å². The number of rotatable bonds is 8. The van der Waals surface area contributed by atoms with Crippen LogP contribution in [0.1, 0.15) is 46.5 Å². The van der Waals surface area contributed by atoms with Crippen LogP contribution in [0.25, 0.3) is 0 Å². The Morgan fingerprint density at radius 3 is 2.50 bits per heavy atom. The molecule has 0 spiro atoms. The zero-order valence-electron chi connectivity index (χ0n) is 14.3. The van der Waals surface area contributed by atoms with Gasteiger partial charge in [-0.05, 0) is 40.2 Å².